The number of nitrogens with zero attached hydrogens (tertiary/aromatic N) is 2. The van der Waals surface area contributed by atoms with Gasteiger partial charge < -0.3 is 14.2 Å². The van der Waals surface area contributed by atoms with Gasteiger partial charge in [0.25, 0.3) is 11.6 Å². The lowest BCUT2D eigenvalue weighted by Gasteiger charge is -2.04. The van der Waals surface area contributed by atoms with Crippen LogP contribution >= 0.6 is 0 Å². The Morgan fingerprint density at radius 3 is 2.72 bits per heavy atom. The second-order valence-corrected chi connectivity index (χ2v) is 4.92. The number of nitro benzene ring substituents is 1. The number of fused-ring (bicyclic) bond motifs is 1. The molecule has 0 spiro atoms. The maximum absolute atomic E-state index is 11.7. The van der Waals surface area contributed by atoms with Crippen molar-refractivity contribution in [1.82, 2.24) is 5.43 Å². The van der Waals surface area contributed by atoms with Gasteiger partial charge in [0.1, 0.15) is 5.75 Å². The van der Waals surface area contributed by atoms with Crippen molar-refractivity contribution in [2.24, 2.45) is 5.10 Å². The number of benzene rings is 2. The summed E-state index contributed by atoms with van der Waals surface area (Å²) >= 11 is 0. The zero-order chi connectivity index (χ0) is 17.6. The van der Waals surface area contributed by atoms with E-state index in [9.17, 15) is 14.9 Å². The highest BCUT2D eigenvalue weighted by Crippen LogP contribution is 2.37. The first kappa shape index (κ1) is 16.2. The molecule has 0 aromatic heterocycles. The van der Waals surface area contributed by atoms with Gasteiger partial charge in [0.2, 0.25) is 6.79 Å². The Morgan fingerprint density at radius 1 is 1.28 bits per heavy atom. The molecule has 0 fully saturated rings. The van der Waals surface area contributed by atoms with E-state index in [1.807, 2.05) is 6.07 Å². The predicted molar refractivity (Wildman–Crippen MR) is 86.9 cm³/mol. The summed E-state index contributed by atoms with van der Waals surface area (Å²) in [6.07, 6.45) is 1.17. The largest absolute Gasteiger partial charge is 0.484 e. The summed E-state index contributed by atoms with van der Waals surface area (Å²) < 4.78 is 15.5. The maximum atomic E-state index is 11.7. The van der Waals surface area contributed by atoms with Gasteiger partial charge >= 0.3 is 0 Å². The summed E-state index contributed by atoms with van der Waals surface area (Å²) in [6, 6.07) is 11.5. The number of nitro groups is 1. The molecule has 1 aliphatic rings. The smallest absolute Gasteiger partial charge is 0.282 e. The zero-order valence-corrected chi connectivity index (χ0v) is 12.9. The molecule has 0 atom stereocenters. The number of nitrogens with one attached hydrogen (secondary N) is 1. The lowest BCUT2D eigenvalue weighted by atomic mass is 10.1. The van der Waals surface area contributed by atoms with Crippen molar-refractivity contribution in [3.8, 4) is 17.2 Å². The van der Waals surface area contributed by atoms with E-state index in [0.717, 1.165) is 0 Å². The number of amides is 1. The van der Waals surface area contributed by atoms with Crippen LogP contribution in [-0.2, 0) is 4.79 Å². The normalized spacial score (nSPS) is 12.2. The Kier molecular flexibility index (Phi) is 4.74. The summed E-state index contributed by atoms with van der Waals surface area (Å²) in [7, 11) is 0. The van der Waals surface area contributed by atoms with E-state index >= 15 is 0 Å². The molecule has 1 aliphatic heterocycles. The van der Waals surface area contributed by atoms with Gasteiger partial charge in [0.05, 0.1) is 22.8 Å². The third-order valence-corrected chi connectivity index (χ3v) is 3.22. The van der Waals surface area contributed by atoms with Gasteiger partial charge in [-0.3, -0.25) is 14.9 Å². The van der Waals surface area contributed by atoms with Gasteiger partial charge in [-0.25, -0.2) is 5.43 Å². The topological polar surface area (TPSA) is 112 Å². The molecule has 1 amide bonds. The van der Waals surface area contributed by atoms with Gasteiger partial charge in [0, 0.05) is 0 Å². The first-order valence-electron chi connectivity index (χ1n) is 7.21. The number of ether oxygens (including phenoxy) is 3. The summed E-state index contributed by atoms with van der Waals surface area (Å²) in [5, 5.41) is 14.8. The van der Waals surface area contributed by atoms with Crippen molar-refractivity contribution < 1.29 is 23.9 Å². The summed E-state index contributed by atoms with van der Waals surface area (Å²) in [4.78, 5) is 22.2. The highest BCUT2D eigenvalue weighted by Gasteiger charge is 2.22. The Morgan fingerprint density at radius 2 is 2.00 bits per heavy atom. The van der Waals surface area contributed by atoms with Gasteiger partial charge in [-0.15, -0.1) is 0 Å². The number of hydrogen-bond acceptors (Lipinski definition) is 7. The molecule has 1 heterocycles. The Bertz CT molecular complexity index is 822. The minimum absolute atomic E-state index is 0.000639. The van der Waals surface area contributed by atoms with E-state index in [1.165, 1.54) is 18.3 Å². The molecule has 9 nitrogen and oxygen atoms in total. The van der Waals surface area contributed by atoms with Crippen molar-refractivity contribution in [3.05, 3.63) is 58.1 Å². The summed E-state index contributed by atoms with van der Waals surface area (Å²) in [6.45, 7) is -0.231. The lowest BCUT2D eigenvalue weighted by Crippen LogP contribution is -2.24. The number of carbonyl (C=O) groups excluding carboxylic acids is 1. The molecule has 2 aromatic rings. The van der Waals surface area contributed by atoms with Crippen molar-refractivity contribution >= 4 is 17.8 Å². The molecule has 1 N–H and O–H groups in total. The molecule has 25 heavy (non-hydrogen) atoms. The first-order chi connectivity index (χ1) is 12.1. The molecule has 0 saturated heterocycles. The SMILES string of the molecule is O=C(COc1ccccc1)NN=Cc1cc2c(cc1[N+](=O)[O-])OCO2. The first-order valence-corrected chi connectivity index (χ1v) is 7.21. The average Bonchev–Trinajstić information content (AvgIpc) is 3.07. The monoisotopic (exact) mass is 343 g/mol. The Balaban J connectivity index is 1.62. The Hall–Kier alpha value is -3.62. The summed E-state index contributed by atoms with van der Waals surface area (Å²) in [5.74, 6) is 0.728. The average molecular weight is 343 g/mol. The molecule has 2 aromatic carbocycles. The lowest BCUT2D eigenvalue weighted by molar-refractivity contribution is -0.385. The molecule has 0 aliphatic carbocycles. The van der Waals surface area contributed by atoms with Crippen LogP contribution in [0.15, 0.2) is 47.6 Å². The van der Waals surface area contributed by atoms with Crippen molar-refractivity contribution in [3.63, 3.8) is 0 Å². The van der Waals surface area contributed by atoms with Gasteiger partial charge in [-0.2, -0.15) is 5.10 Å². The van der Waals surface area contributed by atoms with Crippen LogP contribution in [0.2, 0.25) is 0 Å². The van der Waals surface area contributed by atoms with Crippen LogP contribution in [0, 0.1) is 10.1 Å². The van der Waals surface area contributed by atoms with E-state index in [-0.39, 0.29) is 24.7 Å². The fraction of sp³-hybridized carbons (Fsp3) is 0.125. The van der Waals surface area contributed by atoms with Crippen LogP contribution in [-0.4, -0.2) is 30.4 Å². The quantitative estimate of drug-likeness (QED) is 0.487. The number of para-hydroxylation sites is 1. The van der Waals surface area contributed by atoms with Crippen molar-refractivity contribution in [2.75, 3.05) is 13.4 Å². The van der Waals surface area contributed by atoms with Crippen molar-refractivity contribution in [1.29, 1.82) is 0 Å². The van der Waals surface area contributed by atoms with Crippen LogP contribution in [0.5, 0.6) is 17.2 Å². The summed E-state index contributed by atoms with van der Waals surface area (Å²) in [5.41, 5.74) is 2.22. The minimum atomic E-state index is -0.566. The van der Waals surface area contributed by atoms with E-state index in [4.69, 9.17) is 14.2 Å². The van der Waals surface area contributed by atoms with Crippen LogP contribution in [0.25, 0.3) is 0 Å². The van der Waals surface area contributed by atoms with Crippen LogP contribution in [0.1, 0.15) is 5.56 Å². The highest BCUT2D eigenvalue weighted by molar-refractivity contribution is 5.88. The van der Waals surface area contributed by atoms with Gasteiger partial charge in [-0.05, 0) is 18.2 Å². The van der Waals surface area contributed by atoms with Crippen molar-refractivity contribution in [2.45, 2.75) is 0 Å². The van der Waals surface area contributed by atoms with E-state index in [0.29, 0.717) is 17.2 Å². The number of carbonyl (C=O) groups is 1. The number of hydrazone groups is 1. The molecular weight excluding hydrogens is 330 g/mol. The van der Waals surface area contributed by atoms with Crippen LogP contribution in [0.4, 0.5) is 5.69 Å². The van der Waals surface area contributed by atoms with E-state index in [1.54, 1.807) is 24.3 Å². The molecule has 9 heteroatoms. The molecule has 3 rings (SSSR count). The molecule has 0 saturated carbocycles. The number of hydrogen-bond donors (Lipinski definition) is 1. The molecule has 0 bridgehead atoms. The fourth-order valence-electron chi connectivity index (χ4n) is 2.08. The predicted octanol–water partition coefficient (Wildman–Crippen LogP) is 1.85. The molecular formula is C16H13N3O6. The van der Waals surface area contributed by atoms with Crippen LogP contribution < -0.4 is 19.6 Å². The third-order valence-electron chi connectivity index (χ3n) is 3.22. The Labute approximate surface area is 142 Å². The maximum Gasteiger partial charge on any atom is 0.282 e. The van der Waals surface area contributed by atoms with Gasteiger partial charge in [0.15, 0.2) is 18.1 Å². The second-order valence-electron chi connectivity index (χ2n) is 4.92. The molecule has 0 radical (unpaired) electrons. The highest BCUT2D eigenvalue weighted by atomic mass is 16.7. The molecule has 0 unspecified atom stereocenters. The fourth-order valence-corrected chi connectivity index (χ4v) is 2.08. The molecule has 128 valence electrons. The second kappa shape index (κ2) is 7.30. The van der Waals surface area contributed by atoms with Gasteiger partial charge in [-0.1, -0.05) is 18.2 Å². The zero-order valence-electron chi connectivity index (χ0n) is 12.9. The van der Waals surface area contributed by atoms with Crippen LogP contribution in [0.3, 0.4) is 0 Å². The number of rotatable bonds is 6. The third kappa shape index (κ3) is 4.02. The van der Waals surface area contributed by atoms with E-state index < -0.39 is 10.8 Å². The standard InChI is InChI=1S/C16H13N3O6/c20-16(9-23-12-4-2-1-3-5-12)18-17-8-11-6-14-15(25-10-24-14)7-13(11)19(21)22/h1-8H,9-10H2,(H,18,20). The minimum Gasteiger partial charge on any atom is -0.484 e. The van der Waals surface area contributed by atoms with E-state index in [2.05, 4.69) is 10.5 Å².